The molecule has 0 aliphatic carbocycles. The average Bonchev–Trinajstić information content (AvgIpc) is 2.97. The summed E-state index contributed by atoms with van der Waals surface area (Å²) in [5.74, 6) is 0.131. The zero-order valence-electron chi connectivity index (χ0n) is 13.7. The Morgan fingerprint density at radius 1 is 1.21 bits per heavy atom. The fourth-order valence-corrected chi connectivity index (χ4v) is 5.19. The van der Waals surface area contributed by atoms with Gasteiger partial charge in [0.25, 0.3) is 10.0 Å². The normalized spacial score (nSPS) is 14.6. The molecular weight excluding hydrogens is 344 g/mol. The Labute approximate surface area is 146 Å². The minimum absolute atomic E-state index is 0.131. The SMILES string of the molecule is CCCN1C(=O)CCc2cc(NS(=O)(=O)c3ccc(C)s3)ccc21. The van der Waals surface area contributed by atoms with E-state index in [9.17, 15) is 13.2 Å². The van der Waals surface area contributed by atoms with Crippen LogP contribution < -0.4 is 9.62 Å². The number of fused-ring (bicyclic) bond motifs is 1. The highest BCUT2D eigenvalue weighted by Gasteiger charge is 2.24. The minimum Gasteiger partial charge on any atom is -0.312 e. The van der Waals surface area contributed by atoms with E-state index in [1.807, 2.05) is 26.0 Å². The maximum atomic E-state index is 12.4. The Kier molecular flexibility index (Phi) is 4.64. The van der Waals surface area contributed by atoms with Crippen LogP contribution in [0.2, 0.25) is 0 Å². The van der Waals surface area contributed by atoms with Crippen LogP contribution in [0.1, 0.15) is 30.2 Å². The second kappa shape index (κ2) is 6.57. The van der Waals surface area contributed by atoms with Crippen LogP contribution in [0.25, 0.3) is 0 Å². The molecule has 1 aromatic heterocycles. The van der Waals surface area contributed by atoms with Gasteiger partial charge in [-0.15, -0.1) is 11.3 Å². The quantitative estimate of drug-likeness (QED) is 0.882. The summed E-state index contributed by atoms with van der Waals surface area (Å²) in [6.07, 6.45) is 1.99. The van der Waals surface area contributed by atoms with Gasteiger partial charge in [-0.3, -0.25) is 9.52 Å². The molecule has 3 rings (SSSR count). The summed E-state index contributed by atoms with van der Waals surface area (Å²) in [5.41, 5.74) is 2.43. The van der Waals surface area contributed by atoms with E-state index in [1.54, 1.807) is 23.1 Å². The number of nitrogens with zero attached hydrogens (tertiary/aromatic N) is 1. The van der Waals surface area contributed by atoms with Gasteiger partial charge in [-0.25, -0.2) is 8.42 Å². The van der Waals surface area contributed by atoms with Crippen molar-refractivity contribution in [3.8, 4) is 0 Å². The number of thiophene rings is 1. The van der Waals surface area contributed by atoms with E-state index in [4.69, 9.17) is 0 Å². The van der Waals surface area contributed by atoms with Crippen molar-refractivity contribution in [1.82, 2.24) is 0 Å². The summed E-state index contributed by atoms with van der Waals surface area (Å²) < 4.78 is 27.8. The predicted molar refractivity (Wildman–Crippen MR) is 97.3 cm³/mol. The summed E-state index contributed by atoms with van der Waals surface area (Å²) >= 11 is 1.25. The van der Waals surface area contributed by atoms with Crippen LogP contribution in [-0.2, 0) is 21.2 Å². The highest BCUT2D eigenvalue weighted by molar-refractivity contribution is 7.94. The Morgan fingerprint density at radius 2 is 2.00 bits per heavy atom. The molecule has 0 atom stereocenters. The van der Waals surface area contributed by atoms with Gasteiger partial charge in [-0.2, -0.15) is 0 Å². The third-order valence-electron chi connectivity index (χ3n) is 3.96. The molecule has 0 bridgehead atoms. The van der Waals surface area contributed by atoms with Crippen molar-refractivity contribution in [2.24, 2.45) is 0 Å². The summed E-state index contributed by atoms with van der Waals surface area (Å²) in [6, 6.07) is 8.79. The van der Waals surface area contributed by atoms with Crippen molar-refractivity contribution < 1.29 is 13.2 Å². The number of sulfonamides is 1. The van der Waals surface area contributed by atoms with Crippen LogP contribution in [0.5, 0.6) is 0 Å². The van der Waals surface area contributed by atoms with E-state index in [-0.39, 0.29) is 5.91 Å². The van der Waals surface area contributed by atoms with E-state index in [0.717, 1.165) is 22.5 Å². The molecule has 1 aromatic carbocycles. The van der Waals surface area contributed by atoms with E-state index in [2.05, 4.69) is 4.72 Å². The van der Waals surface area contributed by atoms with E-state index in [0.29, 0.717) is 29.3 Å². The van der Waals surface area contributed by atoms with Gasteiger partial charge < -0.3 is 4.90 Å². The average molecular weight is 364 g/mol. The van der Waals surface area contributed by atoms with E-state index < -0.39 is 10.0 Å². The summed E-state index contributed by atoms with van der Waals surface area (Å²) in [5, 5.41) is 0. The predicted octanol–water partition coefficient (Wildman–Crippen LogP) is 3.55. The molecule has 0 saturated heterocycles. The van der Waals surface area contributed by atoms with Gasteiger partial charge >= 0.3 is 0 Å². The van der Waals surface area contributed by atoms with E-state index >= 15 is 0 Å². The van der Waals surface area contributed by atoms with Crippen LogP contribution >= 0.6 is 11.3 Å². The lowest BCUT2D eigenvalue weighted by molar-refractivity contribution is -0.118. The lowest BCUT2D eigenvalue weighted by Gasteiger charge is -2.29. The molecule has 0 fully saturated rings. The van der Waals surface area contributed by atoms with Crippen molar-refractivity contribution >= 4 is 38.6 Å². The lowest BCUT2D eigenvalue weighted by Crippen LogP contribution is -2.35. The number of carbonyl (C=O) groups is 1. The highest BCUT2D eigenvalue weighted by atomic mass is 32.2. The standard InChI is InChI=1S/C17H20N2O3S2/c1-3-10-19-15-7-6-14(11-13(15)5-8-16(19)20)18-24(21,22)17-9-4-12(2)23-17/h4,6-7,9,11,18H,3,5,8,10H2,1-2H3. The molecule has 0 spiro atoms. The number of carbonyl (C=O) groups excluding carboxylic acids is 1. The number of amides is 1. The first-order valence-electron chi connectivity index (χ1n) is 7.93. The van der Waals surface area contributed by atoms with Crippen molar-refractivity contribution in [3.05, 3.63) is 40.8 Å². The number of hydrogen-bond acceptors (Lipinski definition) is 4. The van der Waals surface area contributed by atoms with Crippen molar-refractivity contribution in [1.29, 1.82) is 0 Å². The number of anilines is 2. The Bertz CT molecular complexity index is 872. The van der Waals surface area contributed by atoms with Gasteiger partial charge in [0.2, 0.25) is 5.91 Å². The first-order chi connectivity index (χ1) is 11.4. The van der Waals surface area contributed by atoms with Crippen LogP contribution in [0.4, 0.5) is 11.4 Å². The fourth-order valence-electron chi connectivity index (χ4n) is 2.85. The van der Waals surface area contributed by atoms with Crippen LogP contribution in [0.15, 0.2) is 34.5 Å². The van der Waals surface area contributed by atoms with Crippen molar-refractivity contribution in [2.45, 2.75) is 37.3 Å². The van der Waals surface area contributed by atoms with Crippen molar-refractivity contribution in [3.63, 3.8) is 0 Å². The van der Waals surface area contributed by atoms with Gasteiger partial charge in [0.15, 0.2) is 0 Å². The van der Waals surface area contributed by atoms with Gasteiger partial charge in [-0.05, 0) is 55.7 Å². The van der Waals surface area contributed by atoms with Crippen molar-refractivity contribution in [2.75, 3.05) is 16.2 Å². The minimum atomic E-state index is -3.57. The fraction of sp³-hybridized carbons (Fsp3) is 0.353. The maximum Gasteiger partial charge on any atom is 0.271 e. The molecule has 7 heteroatoms. The van der Waals surface area contributed by atoms with Gasteiger partial charge in [-0.1, -0.05) is 6.92 Å². The molecule has 0 unspecified atom stereocenters. The summed E-state index contributed by atoms with van der Waals surface area (Å²) in [7, 11) is -3.57. The topological polar surface area (TPSA) is 66.5 Å². The summed E-state index contributed by atoms with van der Waals surface area (Å²) in [4.78, 5) is 14.8. The first kappa shape index (κ1) is 17.0. The first-order valence-corrected chi connectivity index (χ1v) is 10.2. The smallest absolute Gasteiger partial charge is 0.271 e. The third-order valence-corrected chi connectivity index (χ3v) is 6.83. The Balaban J connectivity index is 1.88. The van der Waals surface area contributed by atoms with Gasteiger partial charge in [0.05, 0.1) is 0 Å². The molecule has 24 heavy (non-hydrogen) atoms. The molecule has 1 amide bonds. The van der Waals surface area contributed by atoms with E-state index in [1.165, 1.54) is 11.3 Å². The van der Waals surface area contributed by atoms with Crippen LogP contribution in [-0.4, -0.2) is 20.9 Å². The zero-order chi connectivity index (χ0) is 17.3. The molecule has 1 aliphatic heterocycles. The highest BCUT2D eigenvalue weighted by Crippen LogP contribution is 2.31. The number of rotatable bonds is 5. The molecule has 5 nitrogen and oxygen atoms in total. The number of benzene rings is 1. The van der Waals surface area contributed by atoms with Crippen LogP contribution in [0.3, 0.4) is 0 Å². The molecule has 1 aliphatic rings. The van der Waals surface area contributed by atoms with Gasteiger partial charge in [0, 0.05) is 29.2 Å². The molecule has 1 N–H and O–H groups in total. The molecule has 0 radical (unpaired) electrons. The Morgan fingerprint density at radius 3 is 2.67 bits per heavy atom. The molecule has 2 aromatic rings. The number of nitrogens with one attached hydrogen (secondary N) is 1. The monoisotopic (exact) mass is 364 g/mol. The number of hydrogen-bond donors (Lipinski definition) is 1. The van der Waals surface area contributed by atoms with Crippen LogP contribution in [0, 0.1) is 6.92 Å². The maximum absolute atomic E-state index is 12.4. The molecule has 128 valence electrons. The number of aryl methyl sites for hydroxylation is 2. The summed E-state index contributed by atoms with van der Waals surface area (Å²) in [6.45, 7) is 4.60. The molecule has 2 heterocycles. The lowest BCUT2D eigenvalue weighted by atomic mass is 10.0. The second-order valence-corrected chi connectivity index (χ2v) is 9.06. The Hall–Kier alpha value is -1.86. The molecule has 0 saturated carbocycles. The third kappa shape index (κ3) is 3.32. The molecular formula is C17H20N2O3S2. The van der Waals surface area contributed by atoms with Gasteiger partial charge in [0.1, 0.15) is 4.21 Å². The largest absolute Gasteiger partial charge is 0.312 e. The zero-order valence-corrected chi connectivity index (χ0v) is 15.3. The second-order valence-electron chi connectivity index (χ2n) is 5.86.